The second-order valence-electron chi connectivity index (χ2n) is 7.82. The number of rotatable bonds is 12. The summed E-state index contributed by atoms with van der Waals surface area (Å²) in [5.41, 5.74) is 1.50. The van der Waals surface area contributed by atoms with E-state index in [1.807, 2.05) is 18.2 Å². The van der Waals surface area contributed by atoms with Crippen molar-refractivity contribution < 1.29 is 19.5 Å². The molecule has 3 N–H and O–H groups in total. The highest BCUT2D eigenvalue weighted by atomic mass is 35.5. The zero-order chi connectivity index (χ0) is 25.2. The standard InChI is InChI=1S/C25H24Cl2N4O4/c26-19-14-28-15-20(27)23(19)24(33)31-21(25(34)35)13-17-8-6-16(7-9-17)12-18(32)4-3-11-30-22-5-1-2-10-29-22/h1-2,5-10,14-15,21H,3-4,11-13H2,(H,29,30)(H,31,33)(H,34,35)/t21-/m0/s1. The molecule has 3 rings (SSSR count). The monoisotopic (exact) mass is 514 g/mol. The van der Waals surface area contributed by atoms with E-state index in [1.54, 1.807) is 30.5 Å². The van der Waals surface area contributed by atoms with Crippen molar-refractivity contribution in [2.24, 2.45) is 0 Å². The first-order valence-corrected chi connectivity index (χ1v) is 11.7. The number of amides is 1. The largest absolute Gasteiger partial charge is 0.480 e. The van der Waals surface area contributed by atoms with Crippen LogP contribution in [0.3, 0.4) is 0 Å². The minimum Gasteiger partial charge on any atom is -0.480 e. The third kappa shape index (κ3) is 8.05. The molecule has 1 atom stereocenters. The smallest absolute Gasteiger partial charge is 0.326 e. The van der Waals surface area contributed by atoms with Gasteiger partial charge in [0.2, 0.25) is 0 Å². The Kier molecular flexibility index (Phi) is 9.57. The lowest BCUT2D eigenvalue weighted by molar-refractivity contribution is -0.139. The molecule has 1 amide bonds. The summed E-state index contributed by atoms with van der Waals surface area (Å²) in [6, 6.07) is 11.5. The number of aromatic nitrogens is 2. The van der Waals surface area contributed by atoms with Crippen molar-refractivity contribution in [3.05, 3.63) is 87.8 Å². The van der Waals surface area contributed by atoms with E-state index in [0.29, 0.717) is 31.4 Å². The van der Waals surface area contributed by atoms with E-state index in [0.717, 1.165) is 11.4 Å². The van der Waals surface area contributed by atoms with Gasteiger partial charge in [-0.1, -0.05) is 53.5 Å². The molecular weight excluding hydrogens is 491 g/mol. The molecule has 1 aromatic carbocycles. The summed E-state index contributed by atoms with van der Waals surface area (Å²) in [5.74, 6) is -1.01. The number of aliphatic carboxylic acids is 1. The maximum atomic E-state index is 12.5. The van der Waals surface area contributed by atoms with Gasteiger partial charge in [0.25, 0.3) is 5.91 Å². The Morgan fingerprint density at radius 2 is 1.66 bits per heavy atom. The zero-order valence-electron chi connectivity index (χ0n) is 18.7. The van der Waals surface area contributed by atoms with Gasteiger partial charge in [-0.3, -0.25) is 14.6 Å². The number of Topliss-reactive ketones (excluding diaryl/α,β-unsaturated/α-hetero) is 1. The maximum Gasteiger partial charge on any atom is 0.326 e. The van der Waals surface area contributed by atoms with E-state index in [-0.39, 0.29) is 27.8 Å². The number of pyridine rings is 2. The molecule has 0 aliphatic heterocycles. The van der Waals surface area contributed by atoms with Crippen molar-refractivity contribution in [1.29, 1.82) is 0 Å². The van der Waals surface area contributed by atoms with Crippen LogP contribution in [-0.2, 0) is 22.4 Å². The first kappa shape index (κ1) is 26.1. The predicted octanol–water partition coefficient (Wildman–Crippen LogP) is 4.21. The average molecular weight is 515 g/mol. The van der Waals surface area contributed by atoms with Crippen LogP contribution in [0.5, 0.6) is 0 Å². The second kappa shape index (κ2) is 12.8. The molecule has 3 aromatic rings. The Morgan fingerprint density at radius 3 is 2.29 bits per heavy atom. The van der Waals surface area contributed by atoms with E-state index in [9.17, 15) is 19.5 Å². The Labute approximate surface area is 212 Å². The van der Waals surface area contributed by atoms with Crippen LogP contribution < -0.4 is 10.6 Å². The third-order valence-electron chi connectivity index (χ3n) is 5.15. The minimum absolute atomic E-state index is 0.0284. The molecule has 182 valence electrons. The lowest BCUT2D eigenvalue weighted by Gasteiger charge is -2.16. The fraction of sp³-hybridized carbons (Fsp3) is 0.240. The summed E-state index contributed by atoms with van der Waals surface area (Å²) >= 11 is 12.0. The third-order valence-corrected chi connectivity index (χ3v) is 5.72. The van der Waals surface area contributed by atoms with Gasteiger partial charge in [-0.2, -0.15) is 0 Å². The number of benzene rings is 1. The van der Waals surface area contributed by atoms with Gasteiger partial charge in [-0.25, -0.2) is 9.78 Å². The van der Waals surface area contributed by atoms with Gasteiger partial charge in [0.15, 0.2) is 0 Å². The first-order chi connectivity index (χ1) is 16.8. The number of carbonyl (C=O) groups is 3. The highest BCUT2D eigenvalue weighted by Gasteiger charge is 2.24. The van der Waals surface area contributed by atoms with E-state index in [2.05, 4.69) is 20.6 Å². The molecule has 0 aliphatic carbocycles. The van der Waals surface area contributed by atoms with E-state index >= 15 is 0 Å². The molecule has 35 heavy (non-hydrogen) atoms. The molecule has 0 radical (unpaired) electrons. The van der Waals surface area contributed by atoms with E-state index < -0.39 is 17.9 Å². The summed E-state index contributed by atoms with van der Waals surface area (Å²) in [6.07, 6.45) is 5.70. The summed E-state index contributed by atoms with van der Waals surface area (Å²) < 4.78 is 0. The van der Waals surface area contributed by atoms with Gasteiger partial charge >= 0.3 is 5.97 Å². The molecule has 0 aliphatic rings. The fourth-order valence-corrected chi connectivity index (χ4v) is 3.91. The Bertz CT molecular complexity index is 1150. The second-order valence-corrected chi connectivity index (χ2v) is 8.64. The number of halogens is 2. The van der Waals surface area contributed by atoms with Gasteiger partial charge in [0.05, 0.1) is 15.6 Å². The lowest BCUT2D eigenvalue weighted by Crippen LogP contribution is -2.42. The van der Waals surface area contributed by atoms with Gasteiger partial charge in [-0.15, -0.1) is 0 Å². The molecule has 2 aromatic heterocycles. The summed E-state index contributed by atoms with van der Waals surface area (Å²) in [5, 5.41) is 15.2. The van der Waals surface area contributed by atoms with Crippen molar-refractivity contribution in [3.63, 3.8) is 0 Å². The molecule has 2 heterocycles. The topological polar surface area (TPSA) is 121 Å². The lowest BCUT2D eigenvalue weighted by atomic mass is 10.0. The number of ketones is 1. The van der Waals surface area contributed by atoms with Crippen LogP contribution in [-0.4, -0.2) is 45.3 Å². The van der Waals surface area contributed by atoms with Crippen LogP contribution in [0, 0.1) is 0 Å². The van der Waals surface area contributed by atoms with Crippen molar-refractivity contribution in [1.82, 2.24) is 15.3 Å². The molecule has 0 unspecified atom stereocenters. The van der Waals surface area contributed by atoms with Crippen molar-refractivity contribution in [2.75, 3.05) is 11.9 Å². The molecule has 0 spiro atoms. The van der Waals surface area contributed by atoms with Crippen LogP contribution >= 0.6 is 23.2 Å². The van der Waals surface area contributed by atoms with E-state index in [1.165, 1.54) is 12.4 Å². The maximum absolute atomic E-state index is 12.5. The summed E-state index contributed by atoms with van der Waals surface area (Å²) in [6.45, 7) is 0.653. The normalized spacial score (nSPS) is 11.5. The Hall–Kier alpha value is -3.49. The Morgan fingerprint density at radius 1 is 0.971 bits per heavy atom. The highest BCUT2D eigenvalue weighted by Crippen LogP contribution is 2.23. The number of carboxylic acids is 1. The Balaban J connectivity index is 1.49. The van der Waals surface area contributed by atoms with Gasteiger partial charge in [-0.05, 0) is 29.7 Å². The zero-order valence-corrected chi connectivity index (χ0v) is 20.2. The number of hydrogen-bond donors (Lipinski definition) is 3. The van der Waals surface area contributed by atoms with Crippen molar-refractivity contribution >= 4 is 46.7 Å². The van der Waals surface area contributed by atoms with Crippen LogP contribution in [0.15, 0.2) is 61.1 Å². The van der Waals surface area contributed by atoms with Gasteiger partial charge in [0, 0.05) is 44.4 Å². The number of anilines is 1. The van der Waals surface area contributed by atoms with Gasteiger partial charge < -0.3 is 15.7 Å². The first-order valence-electron chi connectivity index (χ1n) is 10.9. The minimum atomic E-state index is -1.20. The summed E-state index contributed by atoms with van der Waals surface area (Å²) in [4.78, 5) is 44.5. The van der Waals surface area contributed by atoms with E-state index in [4.69, 9.17) is 23.2 Å². The molecule has 8 nitrogen and oxygen atoms in total. The number of carboxylic acid groups (broad SMARTS) is 1. The predicted molar refractivity (Wildman–Crippen MR) is 134 cm³/mol. The molecular formula is C25H24Cl2N4O4. The average Bonchev–Trinajstić information content (AvgIpc) is 2.83. The number of nitrogens with one attached hydrogen (secondary N) is 2. The number of hydrogen-bond acceptors (Lipinski definition) is 6. The quantitative estimate of drug-likeness (QED) is 0.309. The van der Waals surface area contributed by atoms with Crippen LogP contribution in [0.2, 0.25) is 10.0 Å². The molecule has 10 heteroatoms. The van der Waals surface area contributed by atoms with Crippen LogP contribution in [0.1, 0.15) is 34.3 Å². The van der Waals surface area contributed by atoms with Gasteiger partial charge in [0.1, 0.15) is 17.6 Å². The molecule has 0 fully saturated rings. The van der Waals surface area contributed by atoms with Crippen molar-refractivity contribution in [2.45, 2.75) is 31.7 Å². The summed E-state index contributed by atoms with van der Waals surface area (Å²) in [7, 11) is 0. The number of nitrogens with zero attached hydrogens (tertiary/aromatic N) is 2. The van der Waals surface area contributed by atoms with Crippen LogP contribution in [0.25, 0.3) is 0 Å². The highest BCUT2D eigenvalue weighted by molar-refractivity contribution is 6.39. The van der Waals surface area contributed by atoms with Crippen LogP contribution in [0.4, 0.5) is 5.82 Å². The fourth-order valence-electron chi connectivity index (χ4n) is 3.37. The SMILES string of the molecule is O=C(CCCNc1ccccn1)Cc1ccc(C[C@H](NC(=O)c2c(Cl)cncc2Cl)C(=O)O)cc1. The molecule has 0 saturated heterocycles. The van der Waals surface area contributed by atoms with Crippen molar-refractivity contribution in [3.8, 4) is 0 Å². The molecule has 0 bridgehead atoms. The molecule has 0 saturated carbocycles. The number of carbonyl (C=O) groups excluding carboxylic acids is 2.